The Balaban J connectivity index is 1.94. The molecule has 2 rings (SSSR count). The maximum absolute atomic E-state index is 12.0. The summed E-state index contributed by atoms with van der Waals surface area (Å²) in [7, 11) is -3.39. The van der Waals surface area contributed by atoms with Gasteiger partial charge in [-0.15, -0.1) is 10.2 Å². The lowest BCUT2D eigenvalue weighted by Crippen LogP contribution is -2.34. The molecular weight excluding hydrogens is 302 g/mol. The summed E-state index contributed by atoms with van der Waals surface area (Å²) in [6, 6.07) is 0.0661. The van der Waals surface area contributed by atoms with Gasteiger partial charge in [0, 0.05) is 12.0 Å². The normalized spacial score (nSPS) is 23.3. The van der Waals surface area contributed by atoms with Crippen LogP contribution in [-0.2, 0) is 14.8 Å². The summed E-state index contributed by atoms with van der Waals surface area (Å²) in [6.07, 6.45) is 4.39. The van der Waals surface area contributed by atoms with Crippen molar-refractivity contribution in [3.63, 3.8) is 0 Å². The molecule has 20 heavy (non-hydrogen) atoms. The van der Waals surface area contributed by atoms with Crippen LogP contribution in [0, 0.1) is 5.92 Å². The Morgan fingerprint density at radius 1 is 1.35 bits per heavy atom. The van der Waals surface area contributed by atoms with Gasteiger partial charge < -0.3 is 11.1 Å². The van der Waals surface area contributed by atoms with E-state index >= 15 is 0 Å². The van der Waals surface area contributed by atoms with E-state index in [0.717, 1.165) is 36.9 Å². The Kier molecular flexibility index (Phi) is 4.55. The van der Waals surface area contributed by atoms with E-state index in [-0.39, 0.29) is 28.1 Å². The molecule has 1 heterocycles. The molecule has 10 heteroatoms. The molecule has 8 nitrogen and oxygen atoms in total. The molecule has 0 saturated heterocycles. The minimum Gasteiger partial charge on any atom is -0.328 e. The summed E-state index contributed by atoms with van der Waals surface area (Å²) in [5.41, 5.74) is 5.85. The number of rotatable bonds is 4. The van der Waals surface area contributed by atoms with Crippen LogP contribution in [0.1, 0.15) is 25.7 Å². The fourth-order valence-electron chi connectivity index (χ4n) is 2.15. The van der Waals surface area contributed by atoms with E-state index in [0.29, 0.717) is 6.42 Å². The highest BCUT2D eigenvalue weighted by atomic mass is 32.2. The molecule has 0 aliphatic heterocycles. The Morgan fingerprint density at radius 3 is 2.70 bits per heavy atom. The van der Waals surface area contributed by atoms with Crippen LogP contribution in [0.4, 0.5) is 10.3 Å². The minimum absolute atomic E-state index is 0.0661. The van der Waals surface area contributed by atoms with E-state index in [1.165, 1.54) is 0 Å². The number of hydrogen-bond donors (Lipinski definition) is 3. The number of anilines is 2. The van der Waals surface area contributed by atoms with E-state index in [1.807, 2.05) is 0 Å². The summed E-state index contributed by atoms with van der Waals surface area (Å²) in [4.78, 5) is 12.0. The van der Waals surface area contributed by atoms with Crippen LogP contribution in [0.3, 0.4) is 0 Å². The van der Waals surface area contributed by atoms with Crippen molar-refractivity contribution < 1.29 is 13.2 Å². The zero-order valence-corrected chi connectivity index (χ0v) is 12.6. The van der Waals surface area contributed by atoms with Crippen molar-refractivity contribution in [1.29, 1.82) is 0 Å². The molecule has 0 spiro atoms. The molecule has 2 unspecified atom stereocenters. The molecule has 1 aromatic heterocycles. The molecule has 0 aromatic carbocycles. The maximum atomic E-state index is 12.0. The molecular formula is C10H17N5O3S2. The standard InChI is InChI=1S/C10H17N5O3S2/c1-20(17,18)15-10-14-13-9(19-10)12-8(16)6-3-2-4-7(11)5-6/h6-7H,2-5,11H2,1H3,(H,14,15)(H,12,13,16). The maximum Gasteiger partial charge on any atom is 0.231 e. The van der Waals surface area contributed by atoms with Crippen molar-refractivity contribution in [2.24, 2.45) is 11.7 Å². The van der Waals surface area contributed by atoms with Gasteiger partial charge in [-0.1, -0.05) is 17.8 Å². The lowest BCUT2D eigenvalue weighted by molar-refractivity contribution is -0.120. The van der Waals surface area contributed by atoms with Crippen LogP contribution in [0.25, 0.3) is 0 Å². The number of amides is 1. The SMILES string of the molecule is CS(=O)(=O)Nc1nnc(NC(=O)C2CCCC(N)C2)s1. The Bertz CT molecular complexity index is 585. The van der Waals surface area contributed by atoms with Crippen LogP contribution in [0.5, 0.6) is 0 Å². The van der Waals surface area contributed by atoms with Gasteiger partial charge in [0.2, 0.25) is 26.2 Å². The highest BCUT2D eigenvalue weighted by Crippen LogP contribution is 2.26. The fraction of sp³-hybridized carbons (Fsp3) is 0.700. The number of aromatic nitrogens is 2. The molecule has 4 N–H and O–H groups in total. The third-order valence-corrected chi connectivity index (χ3v) is 4.46. The number of carbonyl (C=O) groups excluding carboxylic acids is 1. The summed E-state index contributed by atoms with van der Waals surface area (Å²) >= 11 is 0.977. The summed E-state index contributed by atoms with van der Waals surface area (Å²) in [5.74, 6) is -0.254. The first-order chi connectivity index (χ1) is 9.33. The molecule has 1 fully saturated rings. The largest absolute Gasteiger partial charge is 0.328 e. The van der Waals surface area contributed by atoms with Crippen molar-refractivity contribution in [3.8, 4) is 0 Å². The molecule has 1 aromatic rings. The highest BCUT2D eigenvalue weighted by Gasteiger charge is 2.26. The van der Waals surface area contributed by atoms with Crippen LogP contribution < -0.4 is 15.8 Å². The lowest BCUT2D eigenvalue weighted by atomic mass is 9.86. The number of sulfonamides is 1. The quantitative estimate of drug-likeness (QED) is 0.735. The smallest absolute Gasteiger partial charge is 0.231 e. The highest BCUT2D eigenvalue weighted by molar-refractivity contribution is 7.92. The number of nitrogens with one attached hydrogen (secondary N) is 2. The van der Waals surface area contributed by atoms with Crippen LogP contribution >= 0.6 is 11.3 Å². The second kappa shape index (κ2) is 6.02. The topological polar surface area (TPSA) is 127 Å². The average molecular weight is 319 g/mol. The van der Waals surface area contributed by atoms with Gasteiger partial charge in [0.1, 0.15) is 0 Å². The van der Waals surface area contributed by atoms with Crippen molar-refractivity contribution in [2.45, 2.75) is 31.7 Å². The monoisotopic (exact) mass is 319 g/mol. The Hall–Kier alpha value is -1.26. The summed E-state index contributed by atoms with van der Waals surface area (Å²) in [5, 5.41) is 10.4. The van der Waals surface area contributed by atoms with Crippen molar-refractivity contribution in [2.75, 3.05) is 16.3 Å². The van der Waals surface area contributed by atoms with E-state index in [4.69, 9.17) is 5.73 Å². The zero-order chi connectivity index (χ0) is 14.8. The third kappa shape index (κ3) is 4.39. The second-order valence-corrected chi connectivity index (χ2v) is 7.63. The number of nitrogens with zero attached hydrogens (tertiary/aromatic N) is 2. The molecule has 112 valence electrons. The second-order valence-electron chi connectivity index (χ2n) is 4.90. The van der Waals surface area contributed by atoms with Crippen LogP contribution in [0.15, 0.2) is 0 Å². The van der Waals surface area contributed by atoms with Gasteiger partial charge in [0.25, 0.3) is 0 Å². The number of hydrogen-bond acceptors (Lipinski definition) is 7. The van der Waals surface area contributed by atoms with Gasteiger partial charge in [-0.2, -0.15) is 0 Å². The molecule has 0 radical (unpaired) electrons. The van der Waals surface area contributed by atoms with Gasteiger partial charge >= 0.3 is 0 Å². The third-order valence-electron chi connectivity index (χ3n) is 3.01. The molecule has 1 aliphatic carbocycles. The summed E-state index contributed by atoms with van der Waals surface area (Å²) in [6.45, 7) is 0. The first-order valence-electron chi connectivity index (χ1n) is 6.21. The number of nitrogens with two attached hydrogens (primary N) is 1. The molecule has 0 bridgehead atoms. The summed E-state index contributed by atoms with van der Waals surface area (Å²) < 4.78 is 24.3. The van der Waals surface area contributed by atoms with E-state index in [2.05, 4.69) is 20.2 Å². The van der Waals surface area contributed by atoms with Gasteiger partial charge in [-0.05, 0) is 19.3 Å². The number of carbonyl (C=O) groups is 1. The van der Waals surface area contributed by atoms with Gasteiger partial charge in [0.15, 0.2) is 0 Å². The first-order valence-corrected chi connectivity index (χ1v) is 8.92. The Morgan fingerprint density at radius 2 is 2.05 bits per heavy atom. The van der Waals surface area contributed by atoms with E-state index in [9.17, 15) is 13.2 Å². The molecule has 1 aliphatic rings. The van der Waals surface area contributed by atoms with E-state index in [1.54, 1.807) is 0 Å². The van der Waals surface area contributed by atoms with E-state index < -0.39 is 10.0 Å². The van der Waals surface area contributed by atoms with Crippen LogP contribution in [0.2, 0.25) is 0 Å². The van der Waals surface area contributed by atoms with Gasteiger partial charge in [0.05, 0.1) is 6.26 Å². The molecule has 1 amide bonds. The minimum atomic E-state index is -3.39. The van der Waals surface area contributed by atoms with Gasteiger partial charge in [-0.25, -0.2) is 8.42 Å². The average Bonchev–Trinajstić information content (AvgIpc) is 2.74. The van der Waals surface area contributed by atoms with Crippen molar-refractivity contribution >= 4 is 37.5 Å². The first kappa shape index (κ1) is 15.1. The van der Waals surface area contributed by atoms with Gasteiger partial charge in [-0.3, -0.25) is 9.52 Å². The van der Waals surface area contributed by atoms with Crippen molar-refractivity contribution in [1.82, 2.24) is 10.2 Å². The predicted molar refractivity (Wildman–Crippen MR) is 76.9 cm³/mol. The predicted octanol–water partition coefficient (Wildman–Crippen LogP) is 0.366. The molecule has 1 saturated carbocycles. The van der Waals surface area contributed by atoms with Crippen molar-refractivity contribution in [3.05, 3.63) is 0 Å². The van der Waals surface area contributed by atoms with Crippen LogP contribution in [-0.4, -0.2) is 36.8 Å². The molecule has 2 atom stereocenters. The fourth-order valence-corrected chi connectivity index (χ4v) is 3.62. The lowest BCUT2D eigenvalue weighted by Gasteiger charge is -2.25. The Labute approximate surface area is 121 Å². The zero-order valence-electron chi connectivity index (χ0n) is 11.0.